The number of imidazole rings is 1. The Morgan fingerprint density at radius 3 is 2.48 bits per heavy atom. The zero-order valence-corrected chi connectivity index (χ0v) is 17.1. The first-order valence-electron chi connectivity index (χ1n) is 9.48. The van der Waals surface area contributed by atoms with E-state index in [1.54, 1.807) is 0 Å². The van der Waals surface area contributed by atoms with Crippen LogP contribution in [0.3, 0.4) is 0 Å². The molecule has 0 radical (unpaired) electrons. The quantitative estimate of drug-likeness (QED) is 0.0862. The number of nitrogens with one attached hydrogen (secondary N) is 4. The molecule has 0 saturated heterocycles. The molecule has 14 heteroatoms. The van der Waals surface area contributed by atoms with E-state index >= 15 is 0 Å². The van der Waals surface area contributed by atoms with E-state index in [0.717, 1.165) is 0 Å². The summed E-state index contributed by atoms with van der Waals surface area (Å²) < 4.78 is 0. The van der Waals surface area contributed by atoms with Crippen molar-refractivity contribution < 1.29 is 24.3 Å². The molecule has 0 aliphatic heterocycles. The molecule has 0 aliphatic carbocycles. The molecule has 0 aromatic carbocycles. The van der Waals surface area contributed by atoms with E-state index in [-0.39, 0.29) is 12.4 Å². The Bertz CT molecular complexity index is 777. The van der Waals surface area contributed by atoms with Crippen LogP contribution in [-0.4, -0.2) is 75.9 Å². The molecule has 0 fully saturated rings. The first-order valence-corrected chi connectivity index (χ1v) is 9.48. The van der Waals surface area contributed by atoms with E-state index < -0.39 is 48.4 Å². The standard InChI is InChI=1S/C17H29N9O5/c1-9(25-15(30)11(18)3-2-4-22-17(19)20)14(29)26-12(5-10-6-21-8-24-10)16(31)23-7-13(27)28/h6,8-9,11-12H,2-5,7,18H2,1H3,(H,21,24)(H,23,31)(H,25,30)(H,26,29)(H,27,28)(H4,19,20,22). The summed E-state index contributed by atoms with van der Waals surface area (Å²) in [5.41, 5.74) is 16.8. The fourth-order valence-electron chi connectivity index (χ4n) is 2.44. The third-order valence-corrected chi connectivity index (χ3v) is 4.08. The lowest BCUT2D eigenvalue weighted by Crippen LogP contribution is -2.55. The molecule has 11 N–H and O–H groups in total. The number of hydrogen-bond acceptors (Lipinski definition) is 7. The molecule has 1 aromatic heterocycles. The number of nitrogens with zero attached hydrogens (tertiary/aromatic N) is 2. The Morgan fingerprint density at radius 2 is 1.90 bits per heavy atom. The summed E-state index contributed by atoms with van der Waals surface area (Å²) in [6.07, 6.45) is 3.69. The molecular formula is C17H29N9O5. The van der Waals surface area contributed by atoms with Crippen molar-refractivity contribution in [3.63, 3.8) is 0 Å². The number of guanidine groups is 1. The van der Waals surface area contributed by atoms with Gasteiger partial charge in [-0.1, -0.05) is 0 Å². The number of aliphatic carboxylic acids is 1. The van der Waals surface area contributed by atoms with Gasteiger partial charge in [0.1, 0.15) is 18.6 Å². The topological polar surface area (TPSA) is 244 Å². The van der Waals surface area contributed by atoms with E-state index in [1.807, 2.05) is 0 Å². The molecule has 0 bridgehead atoms. The second-order valence-corrected chi connectivity index (χ2v) is 6.74. The summed E-state index contributed by atoms with van der Waals surface area (Å²) in [4.78, 5) is 58.1. The maximum absolute atomic E-state index is 12.5. The molecule has 1 heterocycles. The molecule has 1 rings (SSSR count). The van der Waals surface area contributed by atoms with Crippen LogP contribution in [0.25, 0.3) is 0 Å². The highest BCUT2D eigenvalue weighted by Gasteiger charge is 2.26. The maximum atomic E-state index is 12.5. The fourth-order valence-corrected chi connectivity index (χ4v) is 2.44. The van der Waals surface area contributed by atoms with Crippen LogP contribution in [0.2, 0.25) is 0 Å². The number of carbonyl (C=O) groups excluding carboxylic acids is 3. The minimum Gasteiger partial charge on any atom is -0.480 e. The van der Waals surface area contributed by atoms with Gasteiger partial charge in [-0.3, -0.25) is 24.2 Å². The molecule has 14 nitrogen and oxygen atoms in total. The molecule has 1 aromatic rings. The van der Waals surface area contributed by atoms with E-state index in [4.69, 9.17) is 22.3 Å². The van der Waals surface area contributed by atoms with Gasteiger partial charge in [0.25, 0.3) is 0 Å². The minimum absolute atomic E-state index is 0.0438. The van der Waals surface area contributed by atoms with Gasteiger partial charge >= 0.3 is 5.97 Å². The van der Waals surface area contributed by atoms with Crippen LogP contribution in [0.5, 0.6) is 0 Å². The zero-order valence-electron chi connectivity index (χ0n) is 17.1. The molecular weight excluding hydrogens is 410 g/mol. The molecule has 3 amide bonds. The molecule has 172 valence electrons. The van der Waals surface area contributed by atoms with Gasteiger partial charge in [0.15, 0.2) is 5.96 Å². The van der Waals surface area contributed by atoms with E-state index in [1.165, 1.54) is 19.4 Å². The lowest BCUT2D eigenvalue weighted by Gasteiger charge is -2.21. The Kier molecular flexibility index (Phi) is 10.5. The van der Waals surface area contributed by atoms with Gasteiger partial charge in [0.2, 0.25) is 17.7 Å². The van der Waals surface area contributed by atoms with Crippen molar-refractivity contribution in [1.29, 1.82) is 0 Å². The van der Waals surface area contributed by atoms with Crippen LogP contribution in [0.4, 0.5) is 0 Å². The summed E-state index contributed by atoms with van der Waals surface area (Å²) in [7, 11) is 0. The first-order chi connectivity index (χ1) is 14.6. The molecule has 0 spiro atoms. The van der Waals surface area contributed by atoms with Crippen LogP contribution in [0, 0.1) is 0 Å². The average molecular weight is 439 g/mol. The third-order valence-electron chi connectivity index (χ3n) is 4.08. The normalized spacial score (nSPS) is 13.4. The van der Waals surface area contributed by atoms with Crippen molar-refractivity contribution >= 4 is 29.7 Å². The number of amides is 3. The first kappa shape index (κ1) is 25.4. The van der Waals surface area contributed by atoms with Crippen LogP contribution in [-0.2, 0) is 25.6 Å². The Morgan fingerprint density at radius 1 is 1.19 bits per heavy atom. The van der Waals surface area contributed by atoms with Crippen LogP contribution < -0.4 is 33.2 Å². The summed E-state index contributed by atoms with van der Waals surface area (Å²) in [6.45, 7) is 1.15. The van der Waals surface area contributed by atoms with E-state index in [9.17, 15) is 19.2 Å². The van der Waals surface area contributed by atoms with Gasteiger partial charge in [-0.25, -0.2) is 4.98 Å². The molecule has 0 saturated carbocycles. The number of aromatic amines is 1. The lowest BCUT2D eigenvalue weighted by molar-refractivity contribution is -0.138. The number of nitrogens with two attached hydrogens (primary N) is 3. The smallest absolute Gasteiger partial charge is 0.322 e. The van der Waals surface area contributed by atoms with Crippen molar-refractivity contribution in [1.82, 2.24) is 25.9 Å². The number of aliphatic imine (C=N–C) groups is 1. The third kappa shape index (κ3) is 10.1. The van der Waals surface area contributed by atoms with Gasteiger partial charge in [-0.15, -0.1) is 0 Å². The summed E-state index contributed by atoms with van der Waals surface area (Å²) >= 11 is 0. The van der Waals surface area contributed by atoms with Crippen molar-refractivity contribution in [3.05, 3.63) is 18.2 Å². The summed E-state index contributed by atoms with van der Waals surface area (Å²) in [5, 5.41) is 15.9. The number of carboxylic acid groups (broad SMARTS) is 1. The highest BCUT2D eigenvalue weighted by atomic mass is 16.4. The zero-order chi connectivity index (χ0) is 23.4. The number of rotatable bonds is 13. The van der Waals surface area contributed by atoms with Crippen molar-refractivity contribution in [3.8, 4) is 0 Å². The number of carbonyl (C=O) groups is 4. The summed E-state index contributed by atoms with van der Waals surface area (Å²) in [6, 6.07) is -2.95. The Hall–Kier alpha value is -3.68. The number of carboxylic acids is 1. The molecule has 3 atom stereocenters. The highest BCUT2D eigenvalue weighted by Crippen LogP contribution is 2.01. The SMILES string of the molecule is CC(NC(=O)C(N)CCCN=C(N)N)C(=O)NC(Cc1cnc[nH]1)C(=O)NCC(=O)O. The molecule has 3 unspecified atom stereocenters. The monoisotopic (exact) mass is 439 g/mol. The van der Waals surface area contributed by atoms with E-state index in [2.05, 4.69) is 30.9 Å². The van der Waals surface area contributed by atoms with Crippen molar-refractivity contribution in [2.24, 2.45) is 22.2 Å². The predicted molar refractivity (Wildman–Crippen MR) is 110 cm³/mol. The summed E-state index contributed by atoms with van der Waals surface area (Å²) in [5.74, 6) is -3.17. The predicted octanol–water partition coefficient (Wildman–Crippen LogP) is -3.48. The van der Waals surface area contributed by atoms with Crippen molar-refractivity contribution in [2.75, 3.05) is 13.1 Å². The average Bonchev–Trinajstić information content (AvgIpc) is 3.21. The molecule has 0 aliphatic rings. The highest BCUT2D eigenvalue weighted by molar-refractivity contribution is 5.93. The van der Waals surface area contributed by atoms with E-state index in [0.29, 0.717) is 25.1 Å². The fraction of sp³-hybridized carbons (Fsp3) is 0.529. The van der Waals surface area contributed by atoms with Crippen LogP contribution >= 0.6 is 0 Å². The van der Waals surface area contributed by atoms with Crippen LogP contribution in [0.15, 0.2) is 17.5 Å². The van der Waals surface area contributed by atoms with Gasteiger partial charge in [0.05, 0.1) is 12.4 Å². The van der Waals surface area contributed by atoms with Crippen LogP contribution in [0.1, 0.15) is 25.5 Å². The number of H-pyrrole nitrogens is 1. The number of aromatic nitrogens is 2. The largest absolute Gasteiger partial charge is 0.480 e. The van der Waals surface area contributed by atoms with Gasteiger partial charge in [0, 0.05) is 24.9 Å². The molecule has 31 heavy (non-hydrogen) atoms. The second-order valence-electron chi connectivity index (χ2n) is 6.74. The maximum Gasteiger partial charge on any atom is 0.322 e. The Labute approximate surface area is 178 Å². The van der Waals surface area contributed by atoms with Gasteiger partial charge in [-0.05, 0) is 19.8 Å². The van der Waals surface area contributed by atoms with Crippen molar-refractivity contribution in [2.45, 2.75) is 44.3 Å². The number of hydrogen-bond donors (Lipinski definition) is 8. The Balaban J connectivity index is 2.62. The van der Waals surface area contributed by atoms with Gasteiger partial charge in [-0.2, -0.15) is 0 Å². The second kappa shape index (κ2) is 12.8. The van der Waals surface area contributed by atoms with Gasteiger partial charge < -0.3 is 43.2 Å². The minimum atomic E-state index is -1.23. The lowest BCUT2D eigenvalue weighted by atomic mass is 10.1.